The molecule has 0 amide bonds. The molecule has 2 aromatic carbocycles. The van der Waals surface area contributed by atoms with Crippen molar-refractivity contribution >= 4 is 33.3 Å². The molecule has 2 heterocycles. The molecule has 0 atom stereocenters. The molecular weight excluding hydrogens is 440 g/mol. The van der Waals surface area contributed by atoms with Gasteiger partial charge < -0.3 is 9.26 Å². The summed E-state index contributed by atoms with van der Waals surface area (Å²) in [6.07, 6.45) is 1.54. The highest BCUT2D eigenvalue weighted by Crippen LogP contribution is 2.33. The number of hydrogen-bond donors (Lipinski definition) is 0. The first-order valence-electron chi connectivity index (χ1n) is 9.78. The first-order chi connectivity index (χ1) is 14.8. The van der Waals surface area contributed by atoms with Crippen LogP contribution in [0, 0.1) is 13.8 Å². The highest BCUT2D eigenvalue weighted by molar-refractivity contribution is 7.92. The van der Waals surface area contributed by atoms with Gasteiger partial charge in [0.2, 0.25) is 0 Å². The van der Waals surface area contributed by atoms with Gasteiger partial charge >= 0.3 is 5.97 Å². The average molecular weight is 461 g/mol. The van der Waals surface area contributed by atoms with Gasteiger partial charge in [0.1, 0.15) is 12.4 Å². The molecule has 0 bridgehead atoms. The van der Waals surface area contributed by atoms with Crippen molar-refractivity contribution in [2.45, 2.75) is 38.2 Å². The van der Waals surface area contributed by atoms with E-state index in [1.165, 1.54) is 22.5 Å². The van der Waals surface area contributed by atoms with Crippen LogP contribution >= 0.6 is 11.6 Å². The Balaban J connectivity index is 1.62. The van der Waals surface area contributed by atoms with Crippen LogP contribution in [0.3, 0.4) is 0 Å². The number of anilines is 1. The summed E-state index contributed by atoms with van der Waals surface area (Å²) >= 11 is 6.19. The van der Waals surface area contributed by atoms with Gasteiger partial charge in [-0.1, -0.05) is 35.0 Å². The number of benzene rings is 2. The quantitative estimate of drug-likeness (QED) is 0.523. The minimum atomic E-state index is -3.88. The van der Waals surface area contributed by atoms with E-state index in [-0.39, 0.29) is 22.1 Å². The second kappa shape index (κ2) is 8.36. The number of hydrogen-bond acceptors (Lipinski definition) is 6. The van der Waals surface area contributed by atoms with Crippen LogP contribution < -0.4 is 4.31 Å². The Labute approximate surface area is 185 Å². The van der Waals surface area contributed by atoms with E-state index in [4.69, 9.17) is 20.9 Å². The highest BCUT2D eigenvalue weighted by atomic mass is 35.5. The summed E-state index contributed by atoms with van der Waals surface area (Å²) in [6, 6.07) is 11.5. The van der Waals surface area contributed by atoms with Gasteiger partial charge in [-0.3, -0.25) is 4.31 Å². The van der Waals surface area contributed by atoms with Gasteiger partial charge in [-0.15, -0.1) is 0 Å². The first kappa shape index (κ1) is 21.4. The molecule has 0 spiro atoms. The second-order valence-corrected chi connectivity index (χ2v) is 9.60. The van der Waals surface area contributed by atoms with Crippen LogP contribution in [0.25, 0.3) is 0 Å². The van der Waals surface area contributed by atoms with Crippen molar-refractivity contribution in [1.82, 2.24) is 5.16 Å². The number of aromatic nitrogens is 1. The Hall–Kier alpha value is -2.84. The van der Waals surface area contributed by atoms with Gasteiger partial charge in [-0.2, -0.15) is 0 Å². The summed E-state index contributed by atoms with van der Waals surface area (Å²) < 4.78 is 38.6. The van der Waals surface area contributed by atoms with Crippen molar-refractivity contribution in [3.05, 3.63) is 75.6 Å². The maximum atomic E-state index is 13.4. The normalized spacial score (nSPS) is 13.7. The molecule has 3 aromatic rings. The summed E-state index contributed by atoms with van der Waals surface area (Å²) in [5.41, 5.74) is 2.91. The zero-order valence-corrected chi connectivity index (χ0v) is 18.7. The lowest BCUT2D eigenvalue weighted by molar-refractivity contribution is 0.0470. The van der Waals surface area contributed by atoms with E-state index in [0.29, 0.717) is 29.2 Å². The predicted octanol–water partition coefficient (Wildman–Crippen LogP) is 4.44. The SMILES string of the molecule is Cc1noc(C)c1COC(=O)c1cc(S(=O)(=O)N2CCCc3ccccc32)ccc1Cl. The van der Waals surface area contributed by atoms with Crippen molar-refractivity contribution in [2.75, 3.05) is 10.8 Å². The Morgan fingerprint density at radius 2 is 2.00 bits per heavy atom. The van der Waals surface area contributed by atoms with Gasteiger partial charge in [0.05, 0.1) is 32.4 Å². The van der Waals surface area contributed by atoms with Crippen LogP contribution in [-0.4, -0.2) is 26.1 Å². The van der Waals surface area contributed by atoms with Crippen molar-refractivity contribution < 1.29 is 22.5 Å². The number of aryl methyl sites for hydroxylation is 3. The summed E-state index contributed by atoms with van der Waals surface area (Å²) in [7, 11) is -3.88. The van der Waals surface area contributed by atoms with Gasteiger partial charge in [0.25, 0.3) is 10.0 Å². The molecule has 1 aromatic heterocycles. The number of rotatable bonds is 5. The largest absolute Gasteiger partial charge is 0.457 e. The van der Waals surface area contributed by atoms with Crippen LogP contribution in [-0.2, 0) is 27.8 Å². The number of halogens is 1. The molecule has 0 radical (unpaired) electrons. The topological polar surface area (TPSA) is 89.7 Å². The maximum Gasteiger partial charge on any atom is 0.340 e. The smallest absolute Gasteiger partial charge is 0.340 e. The maximum absolute atomic E-state index is 13.4. The molecule has 162 valence electrons. The number of carbonyl (C=O) groups is 1. The first-order valence-corrected chi connectivity index (χ1v) is 11.6. The monoisotopic (exact) mass is 460 g/mol. The van der Waals surface area contributed by atoms with E-state index in [1.54, 1.807) is 19.9 Å². The third kappa shape index (κ3) is 4.05. The molecule has 4 rings (SSSR count). The van der Waals surface area contributed by atoms with Crippen LogP contribution in [0.4, 0.5) is 5.69 Å². The molecule has 7 nitrogen and oxygen atoms in total. The van der Waals surface area contributed by atoms with E-state index in [1.807, 2.05) is 18.2 Å². The Morgan fingerprint density at radius 3 is 2.74 bits per heavy atom. The third-order valence-corrected chi connectivity index (χ3v) is 7.48. The van der Waals surface area contributed by atoms with Crippen molar-refractivity contribution in [3.63, 3.8) is 0 Å². The van der Waals surface area contributed by atoms with Gasteiger partial charge in [0.15, 0.2) is 0 Å². The summed E-state index contributed by atoms with van der Waals surface area (Å²) in [4.78, 5) is 12.7. The van der Waals surface area contributed by atoms with Gasteiger partial charge in [-0.05, 0) is 56.5 Å². The number of esters is 1. The van der Waals surface area contributed by atoms with Gasteiger partial charge in [0, 0.05) is 6.54 Å². The van der Waals surface area contributed by atoms with E-state index < -0.39 is 16.0 Å². The summed E-state index contributed by atoms with van der Waals surface area (Å²) in [5, 5.41) is 3.94. The molecule has 0 fully saturated rings. The fourth-order valence-electron chi connectivity index (χ4n) is 3.62. The molecular formula is C22H21ClN2O5S. The second-order valence-electron chi connectivity index (χ2n) is 7.33. The zero-order valence-electron chi connectivity index (χ0n) is 17.1. The zero-order chi connectivity index (χ0) is 22.2. The number of carbonyl (C=O) groups excluding carboxylic acids is 1. The summed E-state index contributed by atoms with van der Waals surface area (Å²) in [6.45, 7) is 3.79. The minimum absolute atomic E-state index is 0.0141. The molecule has 0 N–H and O–H groups in total. The third-order valence-electron chi connectivity index (χ3n) is 5.34. The molecule has 1 aliphatic rings. The van der Waals surface area contributed by atoms with Crippen LogP contribution in [0.2, 0.25) is 5.02 Å². The lowest BCUT2D eigenvalue weighted by atomic mass is 10.0. The van der Waals surface area contributed by atoms with E-state index in [9.17, 15) is 13.2 Å². The number of nitrogens with zero attached hydrogens (tertiary/aromatic N) is 2. The lowest BCUT2D eigenvalue weighted by Crippen LogP contribution is -2.35. The van der Waals surface area contributed by atoms with E-state index in [0.717, 1.165) is 18.4 Å². The number of para-hydroxylation sites is 1. The van der Waals surface area contributed by atoms with Crippen molar-refractivity contribution in [3.8, 4) is 0 Å². The standard InChI is InChI=1S/C22H21ClN2O5S/c1-14-19(15(2)30-24-14)13-29-22(26)18-12-17(9-10-20(18)23)31(27,28)25-11-5-7-16-6-3-4-8-21(16)25/h3-4,6,8-10,12H,5,7,11,13H2,1-2H3. The Bertz CT molecular complexity index is 1230. The Morgan fingerprint density at radius 1 is 1.23 bits per heavy atom. The Kier molecular flexibility index (Phi) is 5.77. The van der Waals surface area contributed by atoms with Crippen LogP contribution in [0.15, 0.2) is 51.9 Å². The molecule has 1 aliphatic heterocycles. The summed E-state index contributed by atoms with van der Waals surface area (Å²) in [5.74, 6) is -0.169. The van der Waals surface area contributed by atoms with Crippen molar-refractivity contribution in [2.24, 2.45) is 0 Å². The molecule has 0 aliphatic carbocycles. The molecule has 0 saturated heterocycles. The van der Waals surface area contributed by atoms with Crippen molar-refractivity contribution in [1.29, 1.82) is 0 Å². The molecule has 31 heavy (non-hydrogen) atoms. The molecule has 0 unspecified atom stereocenters. The number of fused-ring (bicyclic) bond motifs is 1. The molecule has 9 heteroatoms. The van der Waals surface area contributed by atoms with Crippen LogP contribution in [0.5, 0.6) is 0 Å². The fraction of sp³-hybridized carbons (Fsp3) is 0.273. The minimum Gasteiger partial charge on any atom is -0.457 e. The predicted molar refractivity (Wildman–Crippen MR) is 116 cm³/mol. The lowest BCUT2D eigenvalue weighted by Gasteiger charge is -2.30. The van der Waals surface area contributed by atoms with Crippen LogP contribution in [0.1, 0.15) is 39.4 Å². The number of sulfonamides is 1. The van der Waals surface area contributed by atoms with E-state index in [2.05, 4.69) is 5.16 Å². The fourth-order valence-corrected chi connectivity index (χ4v) is 5.38. The van der Waals surface area contributed by atoms with Gasteiger partial charge in [-0.25, -0.2) is 13.2 Å². The number of ether oxygens (including phenoxy) is 1. The van der Waals surface area contributed by atoms with E-state index >= 15 is 0 Å². The average Bonchev–Trinajstić information content (AvgIpc) is 3.09. The molecule has 0 saturated carbocycles. The highest BCUT2D eigenvalue weighted by Gasteiger charge is 2.30.